The molecule has 4 nitrogen and oxygen atoms in total. The fraction of sp³-hybridized carbons (Fsp3) is 0.200. The number of carboxylic acids is 1. The lowest BCUT2D eigenvalue weighted by atomic mass is 10.0. The fourth-order valence-electron chi connectivity index (χ4n) is 1.81. The largest absolute Gasteiger partial charge is 0.478 e. The molecule has 0 atom stereocenters. The molecule has 0 heterocycles. The Morgan fingerprint density at radius 1 is 1.36 bits per heavy atom. The molecular formula is C10H9NO3. The summed E-state index contributed by atoms with van der Waals surface area (Å²) in [6.45, 7) is 0. The van der Waals surface area contributed by atoms with Crippen molar-refractivity contribution in [1.82, 2.24) is 0 Å². The summed E-state index contributed by atoms with van der Waals surface area (Å²) in [5, 5.41) is 20.8. The Balaban J connectivity index is 2.66. The van der Waals surface area contributed by atoms with Gasteiger partial charge in [-0.25, -0.2) is 4.79 Å². The van der Waals surface area contributed by atoms with Gasteiger partial charge in [-0.3, -0.25) is 0 Å². The quantitative estimate of drug-likeness (QED) is 0.522. The Labute approximate surface area is 80.5 Å². The van der Waals surface area contributed by atoms with Crippen molar-refractivity contribution in [1.29, 1.82) is 0 Å². The standard InChI is InChI=1S/C10H9NO3/c12-10(13)7-3-1-2-6-4-5-8(11-14)9(6)7/h1-3,14H,4-5H2,(H,12,13)/b11-8+. The van der Waals surface area contributed by atoms with Crippen LogP contribution in [0.15, 0.2) is 23.4 Å². The number of hydrogen-bond acceptors (Lipinski definition) is 3. The molecule has 2 N–H and O–H groups in total. The van der Waals surface area contributed by atoms with Crippen molar-refractivity contribution in [2.75, 3.05) is 0 Å². The number of benzene rings is 1. The van der Waals surface area contributed by atoms with Gasteiger partial charge in [-0.15, -0.1) is 0 Å². The van der Waals surface area contributed by atoms with Gasteiger partial charge in [0.15, 0.2) is 0 Å². The molecule has 0 fully saturated rings. The molecule has 72 valence electrons. The van der Waals surface area contributed by atoms with Crippen molar-refractivity contribution in [3.05, 3.63) is 34.9 Å². The summed E-state index contributed by atoms with van der Waals surface area (Å²) in [5.74, 6) is -0.982. The number of carboxylic acid groups (broad SMARTS) is 1. The topological polar surface area (TPSA) is 69.9 Å². The van der Waals surface area contributed by atoms with Gasteiger partial charge in [0.25, 0.3) is 0 Å². The van der Waals surface area contributed by atoms with Crippen LogP contribution in [0, 0.1) is 0 Å². The average Bonchev–Trinajstić information content (AvgIpc) is 2.59. The first-order valence-corrected chi connectivity index (χ1v) is 4.30. The summed E-state index contributed by atoms with van der Waals surface area (Å²) in [6, 6.07) is 5.10. The van der Waals surface area contributed by atoms with E-state index in [2.05, 4.69) is 5.16 Å². The van der Waals surface area contributed by atoms with Crippen molar-refractivity contribution in [2.45, 2.75) is 12.8 Å². The minimum absolute atomic E-state index is 0.216. The zero-order valence-electron chi connectivity index (χ0n) is 7.40. The molecule has 0 radical (unpaired) electrons. The summed E-state index contributed by atoms with van der Waals surface area (Å²) in [7, 11) is 0. The van der Waals surface area contributed by atoms with E-state index >= 15 is 0 Å². The highest BCUT2D eigenvalue weighted by molar-refractivity contribution is 6.11. The van der Waals surface area contributed by atoms with Gasteiger partial charge in [0.2, 0.25) is 0 Å². The molecule has 0 saturated heterocycles. The third-order valence-corrected chi connectivity index (χ3v) is 2.42. The Kier molecular flexibility index (Phi) is 1.96. The van der Waals surface area contributed by atoms with Gasteiger partial charge < -0.3 is 10.3 Å². The van der Waals surface area contributed by atoms with E-state index in [0.717, 1.165) is 12.0 Å². The number of rotatable bonds is 1. The minimum Gasteiger partial charge on any atom is -0.478 e. The zero-order valence-corrected chi connectivity index (χ0v) is 7.40. The van der Waals surface area contributed by atoms with Crippen LogP contribution in [0.4, 0.5) is 0 Å². The summed E-state index contributed by atoms with van der Waals surface area (Å²) in [4.78, 5) is 10.9. The Morgan fingerprint density at radius 2 is 2.14 bits per heavy atom. The highest BCUT2D eigenvalue weighted by Gasteiger charge is 2.24. The number of aryl methyl sites for hydroxylation is 1. The minimum atomic E-state index is -0.982. The second kappa shape index (κ2) is 3.14. The van der Waals surface area contributed by atoms with Crippen LogP contribution in [0.1, 0.15) is 27.9 Å². The predicted molar refractivity (Wildman–Crippen MR) is 50.0 cm³/mol. The zero-order chi connectivity index (χ0) is 10.1. The Morgan fingerprint density at radius 3 is 2.79 bits per heavy atom. The summed E-state index contributed by atoms with van der Waals surface area (Å²) in [6.07, 6.45) is 1.35. The fourth-order valence-corrected chi connectivity index (χ4v) is 1.81. The van der Waals surface area contributed by atoms with Crippen molar-refractivity contribution in [3.63, 3.8) is 0 Å². The maximum absolute atomic E-state index is 10.9. The number of carbonyl (C=O) groups is 1. The third-order valence-electron chi connectivity index (χ3n) is 2.42. The van der Waals surface area contributed by atoms with E-state index in [1.807, 2.05) is 6.07 Å². The summed E-state index contributed by atoms with van der Waals surface area (Å²) in [5.41, 5.74) is 2.21. The van der Waals surface area contributed by atoms with Gasteiger partial charge >= 0.3 is 5.97 Å². The number of fused-ring (bicyclic) bond motifs is 1. The predicted octanol–water partition coefficient (Wildman–Crippen LogP) is 1.51. The van der Waals surface area contributed by atoms with Crippen molar-refractivity contribution in [2.24, 2.45) is 5.16 Å². The maximum atomic E-state index is 10.9. The summed E-state index contributed by atoms with van der Waals surface area (Å²) < 4.78 is 0. The third kappa shape index (κ3) is 1.16. The molecule has 0 saturated carbocycles. The second-order valence-corrected chi connectivity index (χ2v) is 3.19. The monoisotopic (exact) mass is 191 g/mol. The van der Waals surface area contributed by atoms with Crippen LogP contribution in [0.5, 0.6) is 0 Å². The molecule has 4 heteroatoms. The highest BCUT2D eigenvalue weighted by atomic mass is 16.4. The molecule has 1 aromatic rings. The van der Waals surface area contributed by atoms with Gasteiger partial charge in [0, 0.05) is 5.56 Å². The van der Waals surface area contributed by atoms with Gasteiger partial charge in [-0.2, -0.15) is 0 Å². The van der Waals surface area contributed by atoms with Crippen LogP contribution in [-0.2, 0) is 6.42 Å². The first-order chi connectivity index (χ1) is 6.74. The van der Waals surface area contributed by atoms with Crippen LogP contribution in [0.25, 0.3) is 0 Å². The molecule has 14 heavy (non-hydrogen) atoms. The van der Waals surface area contributed by atoms with Crippen LogP contribution < -0.4 is 0 Å². The molecule has 0 bridgehead atoms. The molecule has 0 amide bonds. The Hall–Kier alpha value is -1.84. The van der Waals surface area contributed by atoms with Crippen LogP contribution in [-0.4, -0.2) is 22.0 Å². The SMILES string of the molecule is O=C(O)c1cccc2c1/C(=N/O)CC2. The lowest BCUT2D eigenvalue weighted by Gasteiger charge is -2.03. The number of aromatic carboxylic acids is 1. The van der Waals surface area contributed by atoms with E-state index < -0.39 is 5.97 Å². The lowest BCUT2D eigenvalue weighted by molar-refractivity contribution is 0.0696. The number of oxime groups is 1. The average molecular weight is 191 g/mol. The van der Waals surface area contributed by atoms with Crippen molar-refractivity contribution < 1.29 is 15.1 Å². The normalized spacial score (nSPS) is 17.0. The van der Waals surface area contributed by atoms with Crippen LogP contribution in [0.2, 0.25) is 0 Å². The molecule has 1 aliphatic carbocycles. The molecule has 0 unspecified atom stereocenters. The molecule has 1 aromatic carbocycles. The van der Waals surface area contributed by atoms with Crippen LogP contribution >= 0.6 is 0 Å². The van der Waals surface area contributed by atoms with E-state index in [9.17, 15) is 4.79 Å². The molecule has 2 rings (SSSR count). The van der Waals surface area contributed by atoms with Crippen molar-refractivity contribution in [3.8, 4) is 0 Å². The molecular weight excluding hydrogens is 182 g/mol. The van der Waals surface area contributed by atoms with Gasteiger partial charge in [-0.1, -0.05) is 17.3 Å². The highest BCUT2D eigenvalue weighted by Crippen LogP contribution is 2.25. The summed E-state index contributed by atoms with van der Waals surface area (Å²) >= 11 is 0. The molecule has 0 spiro atoms. The van der Waals surface area contributed by atoms with E-state index in [1.54, 1.807) is 6.07 Å². The Bertz CT molecular complexity index is 423. The maximum Gasteiger partial charge on any atom is 0.336 e. The molecule has 0 aliphatic heterocycles. The molecule has 0 aromatic heterocycles. The van der Waals surface area contributed by atoms with E-state index in [0.29, 0.717) is 17.7 Å². The number of hydrogen-bond donors (Lipinski definition) is 2. The number of nitrogens with zero attached hydrogens (tertiary/aromatic N) is 1. The van der Waals surface area contributed by atoms with E-state index in [1.165, 1.54) is 6.07 Å². The van der Waals surface area contributed by atoms with Gasteiger partial charge in [0.05, 0.1) is 11.3 Å². The smallest absolute Gasteiger partial charge is 0.336 e. The lowest BCUT2D eigenvalue weighted by Crippen LogP contribution is -2.06. The second-order valence-electron chi connectivity index (χ2n) is 3.19. The van der Waals surface area contributed by atoms with Gasteiger partial charge in [-0.05, 0) is 24.5 Å². The van der Waals surface area contributed by atoms with E-state index in [4.69, 9.17) is 10.3 Å². The first kappa shape index (κ1) is 8.74. The van der Waals surface area contributed by atoms with Crippen molar-refractivity contribution >= 4 is 11.7 Å². The molecule has 1 aliphatic rings. The van der Waals surface area contributed by atoms with Crippen LogP contribution in [0.3, 0.4) is 0 Å². The van der Waals surface area contributed by atoms with Gasteiger partial charge in [0.1, 0.15) is 0 Å². The van der Waals surface area contributed by atoms with E-state index in [-0.39, 0.29) is 5.56 Å². The first-order valence-electron chi connectivity index (χ1n) is 4.30.